The fourth-order valence-electron chi connectivity index (χ4n) is 4.07. The van der Waals surface area contributed by atoms with Crippen molar-refractivity contribution in [3.63, 3.8) is 0 Å². The molecule has 3 aliphatic rings. The van der Waals surface area contributed by atoms with Crippen molar-refractivity contribution >= 4 is 23.7 Å². The van der Waals surface area contributed by atoms with Gasteiger partial charge in [0, 0.05) is 5.75 Å². The minimum Gasteiger partial charge on any atom is -0.297 e. The van der Waals surface area contributed by atoms with E-state index in [4.69, 9.17) is 0 Å². The second-order valence-electron chi connectivity index (χ2n) is 6.90. The molecule has 3 amide bonds. The van der Waals surface area contributed by atoms with E-state index < -0.39 is 0 Å². The molecule has 3 fully saturated rings. The van der Waals surface area contributed by atoms with E-state index in [1.54, 1.807) is 0 Å². The number of nitrogens with zero attached hydrogens (tertiary/aromatic N) is 2. The van der Waals surface area contributed by atoms with Crippen LogP contribution in [0.15, 0.2) is 24.3 Å². The molecule has 2 heterocycles. The zero-order valence-corrected chi connectivity index (χ0v) is 14.3. The van der Waals surface area contributed by atoms with Crippen molar-refractivity contribution < 1.29 is 9.59 Å². The molecule has 122 valence electrons. The molecule has 1 atom stereocenters. The lowest BCUT2D eigenvalue weighted by Gasteiger charge is -2.39. The number of aryl methyl sites for hydroxylation is 1. The van der Waals surface area contributed by atoms with Crippen LogP contribution in [0.3, 0.4) is 0 Å². The predicted molar refractivity (Wildman–Crippen MR) is 91.0 cm³/mol. The van der Waals surface area contributed by atoms with Gasteiger partial charge in [-0.15, -0.1) is 11.8 Å². The first-order valence-electron chi connectivity index (χ1n) is 8.45. The molecule has 1 aliphatic carbocycles. The van der Waals surface area contributed by atoms with E-state index in [9.17, 15) is 9.59 Å². The largest absolute Gasteiger partial charge is 0.328 e. The Morgan fingerprint density at radius 2 is 1.83 bits per heavy atom. The summed E-state index contributed by atoms with van der Waals surface area (Å²) >= 11 is 1.83. The van der Waals surface area contributed by atoms with Gasteiger partial charge in [-0.3, -0.25) is 14.6 Å². The predicted octanol–water partition coefficient (Wildman–Crippen LogP) is 3.54. The molecule has 2 aliphatic heterocycles. The summed E-state index contributed by atoms with van der Waals surface area (Å²) in [6.07, 6.45) is 5.64. The second kappa shape index (κ2) is 5.55. The lowest BCUT2D eigenvalue weighted by Crippen LogP contribution is -2.48. The highest BCUT2D eigenvalue weighted by atomic mass is 32.2. The molecule has 1 aromatic rings. The zero-order valence-electron chi connectivity index (χ0n) is 13.5. The molecule has 1 saturated carbocycles. The van der Waals surface area contributed by atoms with E-state index in [1.807, 2.05) is 47.9 Å². The smallest absolute Gasteiger partial charge is 0.297 e. The quantitative estimate of drug-likeness (QED) is 0.779. The van der Waals surface area contributed by atoms with Gasteiger partial charge in [-0.2, -0.15) is 0 Å². The molecular formula is C18H22N2O2S. The van der Waals surface area contributed by atoms with Crippen LogP contribution >= 0.6 is 11.8 Å². The summed E-state index contributed by atoms with van der Waals surface area (Å²) in [5, 5.41) is 0. The maximum absolute atomic E-state index is 13.0. The number of carbonyl (C=O) groups is 2. The van der Waals surface area contributed by atoms with Gasteiger partial charge >= 0.3 is 6.03 Å². The van der Waals surface area contributed by atoms with Crippen molar-refractivity contribution in [2.75, 3.05) is 5.75 Å². The van der Waals surface area contributed by atoms with Crippen molar-refractivity contribution in [3.8, 4) is 0 Å². The van der Waals surface area contributed by atoms with E-state index in [0.717, 1.165) is 37.0 Å². The number of imide groups is 1. The highest BCUT2D eigenvalue weighted by Crippen LogP contribution is 2.51. The van der Waals surface area contributed by atoms with Crippen molar-refractivity contribution in [1.29, 1.82) is 0 Å². The van der Waals surface area contributed by atoms with Gasteiger partial charge in [-0.05, 0) is 25.3 Å². The second-order valence-corrected chi connectivity index (χ2v) is 8.28. The zero-order chi connectivity index (χ0) is 16.0. The lowest BCUT2D eigenvalue weighted by atomic mass is 9.93. The molecule has 1 aromatic carbocycles. The third-order valence-electron chi connectivity index (χ3n) is 5.34. The monoisotopic (exact) mass is 330 g/mol. The minimum absolute atomic E-state index is 0.00877. The molecule has 1 spiro atoms. The highest BCUT2D eigenvalue weighted by molar-refractivity contribution is 8.01. The first-order chi connectivity index (χ1) is 11.1. The normalized spacial score (nSPS) is 26.2. The van der Waals surface area contributed by atoms with Crippen LogP contribution in [0.5, 0.6) is 0 Å². The van der Waals surface area contributed by atoms with Crippen molar-refractivity contribution in [1.82, 2.24) is 9.80 Å². The third-order valence-corrected chi connectivity index (χ3v) is 6.97. The number of hydrogen-bond acceptors (Lipinski definition) is 3. The van der Waals surface area contributed by atoms with Gasteiger partial charge in [0.15, 0.2) is 0 Å². The first-order valence-corrected chi connectivity index (χ1v) is 9.43. The topological polar surface area (TPSA) is 40.6 Å². The molecule has 4 rings (SSSR count). The fraction of sp³-hybridized carbons (Fsp3) is 0.556. The summed E-state index contributed by atoms with van der Waals surface area (Å²) in [5.74, 6) is 0.750. The molecule has 0 bridgehead atoms. The van der Waals surface area contributed by atoms with Crippen LogP contribution in [0.1, 0.15) is 43.2 Å². The van der Waals surface area contributed by atoms with Crippen LogP contribution in [0, 0.1) is 6.92 Å². The van der Waals surface area contributed by atoms with Crippen molar-refractivity contribution in [3.05, 3.63) is 35.4 Å². The summed E-state index contributed by atoms with van der Waals surface area (Å²) in [4.78, 5) is 29.0. The van der Waals surface area contributed by atoms with Crippen LogP contribution in [-0.2, 0) is 11.3 Å². The van der Waals surface area contributed by atoms with Crippen LogP contribution in [0.2, 0.25) is 0 Å². The number of benzene rings is 1. The summed E-state index contributed by atoms with van der Waals surface area (Å²) in [6, 6.07) is 7.75. The average Bonchev–Trinajstić information content (AvgIpc) is 3.03. The van der Waals surface area contributed by atoms with Crippen molar-refractivity contribution in [2.24, 2.45) is 0 Å². The summed E-state index contributed by atoms with van der Waals surface area (Å²) in [5.41, 5.74) is 2.20. The Hall–Kier alpha value is -1.49. The highest BCUT2D eigenvalue weighted by Gasteiger charge is 2.59. The summed E-state index contributed by atoms with van der Waals surface area (Å²) in [7, 11) is 0. The van der Waals surface area contributed by atoms with Gasteiger partial charge in [-0.25, -0.2) is 4.79 Å². The molecule has 5 heteroatoms. The Morgan fingerprint density at radius 1 is 1.13 bits per heavy atom. The molecule has 0 aromatic heterocycles. The Kier molecular flexibility index (Phi) is 3.63. The van der Waals surface area contributed by atoms with Crippen LogP contribution < -0.4 is 0 Å². The number of carbonyl (C=O) groups excluding carboxylic acids is 2. The molecular weight excluding hydrogens is 308 g/mol. The SMILES string of the molecule is Cc1ccc(CN2C(=O)[C@@H]3CSC4(CCCCC4)N3C2=O)cc1. The Balaban J connectivity index is 1.58. The molecule has 23 heavy (non-hydrogen) atoms. The van der Waals surface area contributed by atoms with Gasteiger partial charge < -0.3 is 0 Å². The van der Waals surface area contributed by atoms with Crippen LogP contribution in [0.25, 0.3) is 0 Å². The number of rotatable bonds is 2. The molecule has 4 nitrogen and oxygen atoms in total. The molecule has 0 N–H and O–H groups in total. The molecule has 0 radical (unpaired) electrons. The first kappa shape index (κ1) is 15.1. The van der Waals surface area contributed by atoms with Gasteiger partial charge in [0.1, 0.15) is 6.04 Å². The lowest BCUT2D eigenvalue weighted by molar-refractivity contribution is -0.128. The Labute approximate surface area is 141 Å². The van der Waals surface area contributed by atoms with Gasteiger partial charge in [0.25, 0.3) is 5.91 Å². The minimum atomic E-state index is -0.240. The average molecular weight is 330 g/mol. The summed E-state index contributed by atoms with van der Waals surface area (Å²) in [6.45, 7) is 2.43. The number of urea groups is 1. The van der Waals surface area contributed by atoms with Crippen molar-refractivity contribution in [2.45, 2.75) is 56.5 Å². The fourth-order valence-corrected chi connectivity index (χ4v) is 5.75. The molecule has 0 unspecified atom stereocenters. The third kappa shape index (κ3) is 2.36. The van der Waals surface area contributed by atoms with E-state index >= 15 is 0 Å². The van der Waals surface area contributed by atoms with Gasteiger partial charge in [0.2, 0.25) is 0 Å². The van der Waals surface area contributed by atoms with E-state index in [0.29, 0.717) is 6.54 Å². The number of fused-ring (bicyclic) bond motifs is 2. The van der Waals surface area contributed by atoms with Gasteiger partial charge in [0.05, 0.1) is 11.4 Å². The maximum Gasteiger partial charge on any atom is 0.328 e. The summed E-state index contributed by atoms with van der Waals surface area (Å²) < 4.78 is 0. The Morgan fingerprint density at radius 3 is 2.52 bits per heavy atom. The molecule has 2 saturated heterocycles. The van der Waals surface area contributed by atoms with E-state index in [1.165, 1.54) is 16.9 Å². The van der Waals surface area contributed by atoms with E-state index in [-0.39, 0.29) is 22.9 Å². The van der Waals surface area contributed by atoms with Gasteiger partial charge in [-0.1, -0.05) is 49.1 Å². The van der Waals surface area contributed by atoms with Crippen LogP contribution in [0.4, 0.5) is 4.79 Å². The maximum atomic E-state index is 13.0. The number of thioether (sulfide) groups is 1. The number of hydrogen-bond donors (Lipinski definition) is 0. The number of amides is 3. The van der Waals surface area contributed by atoms with Crippen LogP contribution in [-0.4, -0.2) is 38.4 Å². The van der Waals surface area contributed by atoms with E-state index in [2.05, 4.69) is 0 Å². The standard InChI is InChI=1S/C18H22N2O2S/c1-13-5-7-14(8-6-13)11-19-16(21)15-12-23-18(20(15)17(19)22)9-3-2-4-10-18/h5-8,15H,2-4,9-12H2,1H3/t15-/m0/s1. The Bertz CT molecular complexity index is 637.